The predicted octanol–water partition coefficient (Wildman–Crippen LogP) is 4.43. The van der Waals surface area contributed by atoms with Crippen molar-refractivity contribution in [2.75, 3.05) is 22.9 Å². The number of hydrogen-bond acceptors (Lipinski definition) is 4. The molecular weight excluding hydrogens is 332 g/mol. The number of aromatic nitrogens is 2. The van der Waals surface area contributed by atoms with Gasteiger partial charge in [-0.3, -0.25) is 0 Å². The maximum atomic E-state index is 4.78. The Balaban J connectivity index is 1.50. The fraction of sp³-hybridized carbons (Fsp3) is 0.304. The zero-order valence-electron chi connectivity index (χ0n) is 15.7. The van der Waals surface area contributed by atoms with E-state index in [4.69, 9.17) is 9.97 Å². The van der Waals surface area contributed by atoms with Gasteiger partial charge >= 0.3 is 0 Å². The third-order valence-corrected chi connectivity index (χ3v) is 5.65. The Hall–Kier alpha value is -2.88. The Morgan fingerprint density at radius 1 is 0.778 bits per heavy atom. The highest BCUT2D eigenvalue weighted by molar-refractivity contribution is 5.67. The van der Waals surface area contributed by atoms with Crippen LogP contribution in [0.5, 0.6) is 0 Å². The van der Waals surface area contributed by atoms with Crippen LogP contribution >= 0.6 is 0 Å². The summed E-state index contributed by atoms with van der Waals surface area (Å²) in [6.07, 6.45) is 3.38. The van der Waals surface area contributed by atoms with Crippen molar-refractivity contribution >= 4 is 17.3 Å². The van der Waals surface area contributed by atoms with Crippen molar-refractivity contribution in [2.24, 2.45) is 0 Å². The second-order valence-corrected chi connectivity index (χ2v) is 7.46. The van der Waals surface area contributed by atoms with Gasteiger partial charge in [0, 0.05) is 31.4 Å². The first-order valence-electron chi connectivity index (χ1n) is 9.81. The number of fused-ring (bicyclic) bond motifs is 2. The third-order valence-electron chi connectivity index (χ3n) is 5.65. The average Bonchev–Trinajstić information content (AvgIpc) is 2.72. The molecule has 0 fully saturated rings. The molecule has 0 spiro atoms. The Morgan fingerprint density at radius 3 is 2.41 bits per heavy atom. The van der Waals surface area contributed by atoms with E-state index in [1.54, 1.807) is 0 Å². The molecule has 3 heterocycles. The summed E-state index contributed by atoms with van der Waals surface area (Å²) < 4.78 is 0. The molecule has 0 radical (unpaired) electrons. The summed E-state index contributed by atoms with van der Waals surface area (Å²) in [7, 11) is 0. The van der Waals surface area contributed by atoms with Crippen LogP contribution in [0.2, 0.25) is 0 Å². The highest BCUT2D eigenvalue weighted by Gasteiger charge is 2.22. The highest BCUT2D eigenvalue weighted by atomic mass is 15.2. The lowest BCUT2D eigenvalue weighted by Gasteiger charge is -2.33. The van der Waals surface area contributed by atoms with Crippen molar-refractivity contribution in [1.29, 1.82) is 0 Å². The molecule has 136 valence electrons. The van der Waals surface area contributed by atoms with Gasteiger partial charge in [0.15, 0.2) is 0 Å². The molecule has 27 heavy (non-hydrogen) atoms. The van der Waals surface area contributed by atoms with Crippen LogP contribution < -0.4 is 9.80 Å². The van der Waals surface area contributed by atoms with E-state index < -0.39 is 0 Å². The summed E-state index contributed by atoms with van der Waals surface area (Å²) >= 11 is 0. The van der Waals surface area contributed by atoms with Crippen LogP contribution in [0.15, 0.2) is 54.6 Å². The van der Waals surface area contributed by atoms with Gasteiger partial charge in [0.05, 0.1) is 0 Å². The van der Waals surface area contributed by atoms with E-state index in [9.17, 15) is 0 Å². The minimum Gasteiger partial charge on any atom is -0.352 e. The van der Waals surface area contributed by atoms with Crippen LogP contribution in [0.25, 0.3) is 0 Å². The van der Waals surface area contributed by atoms with Crippen molar-refractivity contribution in [3.63, 3.8) is 0 Å². The van der Waals surface area contributed by atoms with Gasteiger partial charge in [0.1, 0.15) is 17.5 Å². The van der Waals surface area contributed by atoms with Crippen molar-refractivity contribution in [3.05, 3.63) is 77.1 Å². The molecule has 0 unspecified atom stereocenters. The largest absolute Gasteiger partial charge is 0.352 e. The van der Waals surface area contributed by atoms with Gasteiger partial charge in [-0.15, -0.1) is 0 Å². The van der Waals surface area contributed by atoms with Gasteiger partial charge in [-0.05, 0) is 48.9 Å². The van der Waals surface area contributed by atoms with Crippen molar-refractivity contribution in [1.82, 2.24) is 9.97 Å². The van der Waals surface area contributed by atoms with Gasteiger partial charge in [-0.25, -0.2) is 9.97 Å². The van der Waals surface area contributed by atoms with Crippen molar-refractivity contribution in [3.8, 4) is 0 Å². The Kier molecular flexibility index (Phi) is 4.04. The minimum atomic E-state index is 0.837. The van der Waals surface area contributed by atoms with Crippen LogP contribution in [-0.4, -0.2) is 23.1 Å². The molecule has 4 nitrogen and oxygen atoms in total. The zero-order valence-corrected chi connectivity index (χ0v) is 15.7. The molecule has 4 heteroatoms. The Labute approximate surface area is 160 Å². The second-order valence-electron chi connectivity index (χ2n) is 7.46. The van der Waals surface area contributed by atoms with Gasteiger partial charge in [0.2, 0.25) is 0 Å². The van der Waals surface area contributed by atoms with E-state index in [2.05, 4.69) is 64.4 Å². The van der Waals surface area contributed by atoms with Crippen LogP contribution in [0, 0.1) is 6.92 Å². The lowest BCUT2D eigenvalue weighted by atomic mass is 10.00. The molecule has 0 aliphatic carbocycles. The standard InChI is InChI=1S/C23H24N4/c1-17-24-22(26-14-12-18-7-2-3-9-20(18)16-26)15-23(25-17)27-13-6-10-19-8-4-5-11-21(19)27/h2-5,7-9,11,15H,6,10,12-14,16H2,1H3. The number of hydrogen-bond donors (Lipinski definition) is 0. The van der Waals surface area contributed by atoms with E-state index in [1.807, 2.05) is 6.92 Å². The van der Waals surface area contributed by atoms with E-state index >= 15 is 0 Å². The second kappa shape index (κ2) is 6.69. The summed E-state index contributed by atoms with van der Waals surface area (Å²) in [6.45, 7) is 4.93. The van der Waals surface area contributed by atoms with E-state index in [-0.39, 0.29) is 0 Å². The van der Waals surface area contributed by atoms with Crippen LogP contribution in [0.4, 0.5) is 17.3 Å². The average molecular weight is 356 g/mol. The topological polar surface area (TPSA) is 32.3 Å². The number of anilines is 3. The van der Waals surface area contributed by atoms with Gasteiger partial charge in [-0.1, -0.05) is 42.5 Å². The number of para-hydroxylation sites is 1. The molecule has 0 N–H and O–H groups in total. The first kappa shape index (κ1) is 16.3. The Bertz CT molecular complexity index is 982. The number of benzene rings is 2. The van der Waals surface area contributed by atoms with Crippen LogP contribution in [0.3, 0.4) is 0 Å². The maximum absolute atomic E-state index is 4.78. The van der Waals surface area contributed by atoms with Crippen LogP contribution in [0.1, 0.15) is 28.9 Å². The van der Waals surface area contributed by atoms with Crippen LogP contribution in [-0.2, 0) is 19.4 Å². The molecule has 0 atom stereocenters. The first-order valence-corrected chi connectivity index (χ1v) is 9.81. The molecule has 2 aliphatic rings. The molecular formula is C23H24N4. The monoisotopic (exact) mass is 356 g/mol. The molecule has 0 amide bonds. The minimum absolute atomic E-state index is 0.837. The maximum Gasteiger partial charge on any atom is 0.138 e. The summed E-state index contributed by atoms with van der Waals surface area (Å²) in [6, 6.07) is 19.6. The number of nitrogens with zero attached hydrogens (tertiary/aromatic N) is 4. The van der Waals surface area contributed by atoms with Gasteiger partial charge in [-0.2, -0.15) is 0 Å². The molecule has 0 bridgehead atoms. The van der Waals surface area contributed by atoms with E-state index in [0.29, 0.717) is 0 Å². The van der Waals surface area contributed by atoms with Crippen molar-refractivity contribution < 1.29 is 0 Å². The SMILES string of the molecule is Cc1nc(N2CCc3ccccc3C2)cc(N2CCCc3ccccc32)n1. The fourth-order valence-electron chi connectivity index (χ4n) is 4.30. The van der Waals surface area contributed by atoms with Gasteiger partial charge in [0.25, 0.3) is 0 Å². The number of aryl methyl sites for hydroxylation is 2. The molecule has 5 rings (SSSR count). The predicted molar refractivity (Wildman–Crippen MR) is 110 cm³/mol. The van der Waals surface area contributed by atoms with Gasteiger partial charge < -0.3 is 9.80 Å². The normalized spacial score (nSPS) is 16.0. The highest BCUT2D eigenvalue weighted by Crippen LogP contribution is 2.34. The summed E-state index contributed by atoms with van der Waals surface area (Å²) in [5.41, 5.74) is 5.57. The van der Waals surface area contributed by atoms with Crippen molar-refractivity contribution in [2.45, 2.75) is 32.7 Å². The summed E-state index contributed by atoms with van der Waals surface area (Å²) in [4.78, 5) is 14.3. The quantitative estimate of drug-likeness (QED) is 0.680. The molecule has 1 aromatic heterocycles. The summed E-state index contributed by atoms with van der Waals surface area (Å²) in [5, 5.41) is 0. The molecule has 2 aromatic carbocycles. The third kappa shape index (κ3) is 3.05. The smallest absolute Gasteiger partial charge is 0.138 e. The zero-order chi connectivity index (χ0) is 18.2. The molecule has 0 saturated carbocycles. The number of rotatable bonds is 2. The van der Waals surface area contributed by atoms with E-state index in [0.717, 1.165) is 56.4 Å². The first-order chi connectivity index (χ1) is 13.3. The lowest BCUT2D eigenvalue weighted by Crippen LogP contribution is -2.32. The molecule has 2 aliphatic heterocycles. The molecule has 0 saturated heterocycles. The fourth-order valence-corrected chi connectivity index (χ4v) is 4.30. The van der Waals surface area contributed by atoms with E-state index in [1.165, 1.54) is 22.4 Å². The molecule has 3 aromatic rings. The lowest BCUT2D eigenvalue weighted by molar-refractivity contribution is 0.713. The Morgan fingerprint density at radius 2 is 1.52 bits per heavy atom. The summed E-state index contributed by atoms with van der Waals surface area (Å²) in [5.74, 6) is 2.89.